The summed E-state index contributed by atoms with van der Waals surface area (Å²) in [6.45, 7) is 1.90. The van der Waals surface area contributed by atoms with Gasteiger partial charge in [0.15, 0.2) is 0 Å². The molecule has 0 unspecified atom stereocenters. The summed E-state index contributed by atoms with van der Waals surface area (Å²) >= 11 is 0. The Labute approximate surface area is 129 Å². The lowest BCUT2D eigenvalue weighted by atomic mass is 9.94. The van der Waals surface area contributed by atoms with Gasteiger partial charge >= 0.3 is 0 Å². The predicted molar refractivity (Wildman–Crippen MR) is 83.0 cm³/mol. The highest BCUT2D eigenvalue weighted by atomic mass is 16.4. The topological polar surface area (TPSA) is 77.8 Å². The summed E-state index contributed by atoms with van der Waals surface area (Å²) in [7, 11) is 0. The summed E-state index contributed by atoms with van der Waals surface area (Å²) in [6.07, 6.45) is 2.89. The number of nitrogens with two attached hydrogens (primary N) is 1. The van der Waals surface area contributed by atoms with E-state index >= 15 is 0 Å². The first kappa shape index (κ1) is 14.4. The van der Waals surface area contributed by atoms with E-state index < -0.39 is 5.54 Å². The zero-order chi connectivity index (χ0) is 15.4. The molecule has 2 N–H and O–H groups in total. The normalized spacial score (nSPS) is 13.7. The Morgan fingerprint density at radius 2 is 1.82 bits per heavy atom. The van der Waals surface area contributed by atoms with Gasteiger partial charge in [-0.25, -0.2) is 0 Å². The van der Waals surface area contributed by atoms with Crippen LogP contribution in [0.2, 0.25) is 0 Å². The van der Waals surface area contributed by atoms with Gasteiger partial charge in [0.25, 0.3) is 0 Å². The number of hydrogen-bond donors (Lipinski definition) is 1. The van der Waals surface area contributed by atoms with E-state index in [0.717, 1.165) is 11.3 Å². The molecule has 0 aliphatic heterocycles. The van der Waals surface area contributed by atoms with Gasteiger partial charge in [-0.2, -0.15) is 0 Å². The summed E-state index contributed by atoms with van der Waals surface area (Å²) in [6, 6.07) is 15.8. The molecule has 0 amide bonds. The maximum Gasteiger partial charge on any atom is 0.236 e. The average Bonchev–Trinajstić information content (AvgIpc) is 2.98. The van der Waals surface area contributed by atoms with Crippen molar-refractivity contribution in [3.63, 3.8) is 0 Å². The molecule has 1 atom stereocenters. The molecule has 0 aliphatic carbocycles. The van der Waals surface area contributed by atoms with Crippen molar-refractivity contribution >= 4 is 0 Å². The van der Waals surface area contributed by atoms with Crippen molar-refractivity contribution in [3.8, 4) is 0 Å². The lowest BCUT2D eigenvalue weighted by molar-refractivity contribution is 0.338. The van der Waals surface area contributed by atoms with Crippen molar-refractivity contribution in [2.45, 2.75) is 25.3 Å². The molecule has 0 aliphatic rings. The van der Waals surface area contributed by atoms with E-state index in [2.05, 4.69) is 15.2 Å². The van der Waals surface area contributed by atoms with Gasteiger partial charge in [-0.15, -0.1) is 10.2 Å². The lowest BCUT2D eigenvalue weighted by Crippen LogP contribution is -2.35. The van der Waals surface area contributed by atoms with Crippen molar-refractivity contribution in [1.29, 1.82) is 0 Å². The van der Waals surface area contributed by atoms with E-state index in [9.17, 15) is 0 Å². The zero-order valence-electron chi connectivity index (χ0n) is 12.4. The highest BCUT2D eigenvalue weighted by molar-refractivity contribution is 5.19. The van der Waals surface area contributed by atoms with Gasteiger partial charge in [-0.3, -0.25) is 4.98 Å². The van der Waals surface area contributed by atoms with Crippen LogP contribution in [0.1, 0.15) is 30.0 Å². The molecule has 3 aromatic rings. The van der Waals surface area contributed by atoms with Crippen LogP contribution in [0.5, 0.6) is 0 Å². The van der Waals surface area contributed by atoms with E-state index in [4.69, 9.17) is 10.2 Å². The number of rotatable bonds is 5. The summed E-state index contributed by atoms with van der Waals surface area (Å²) < 4.78 is 5.74. The molecule has 112 valence electrons. The summed E-state index contributed by atoms with van der Waals surface area (Å²) in [4.78, 5) is 4.25. The molecule has 0 fully saturated rings. The Morgan fingerprint density at radius 3 is 2.55 bits per heavy atom. The van der Waals surface area contributed by atoms with Crippen LogP contribution in [0, 0.1) is 0 Å². The number of aromatic nitrogens is 3. The van der Waals surface area contributed by atoms with Crippen molar-refractivity contribution in [1.82, 2.24) is 15.2 Å². The van der Waals surface area contributed by atoms with Crippen LogP contribution in [0.15, 0.2) is 59.1 Å². The Bertz CT molecular complexity index is 723. The Morgan fingerprint density at radius 1 is 1.05 bits per heavy atom. The van der Waals surface area contributed by atoms with Crippen molar-refractivity contribution in [2.75, 3.05) is 0 Å². The van der Waals surface area contributed by atoms with Crippen LogP contribution in [0.25, 0.3) is 0 Å². The third kappa shape index (κ3) is 3.38. The second-order valence-corrected chi connectivity index (χ2v) is 5.58. The molecule has 22 heavy (non-hydrogen) atoms. The van der Waals surface area contributed by atoms with E-state index in [1.807, 2.05) is 55.5 Å². The van der Waals surface area contributed by atoms with Crippen molar-refractivity contribution in [3.05, 3.63) is 77.8 Å². The number of pyridine rings is 1. The van der Waals surface area contributed by atoms with Crippen LogP contribution in [0.4, 0.5) is 0 Å². The molecule has 0 saturated heterocycles. The van der Waals surface area contributed by atoms with Gasteiger partial charge in [0.05, 0.1) is 12.0 Å². The second kappa shape index (κ2) is 6.07. The van der Waals surface area contributed by atoms with Gasteiger partial charge in [0.1, 0.15) is 0 Å². The Balaban J connectivity index is 1.75. The maximum atomic E-state index is 6.36. The molecule has 1 aromatic carbocycles. The second-order valence-electron chi connectivity index (χ2n) is 5.58. The Kier molecular flexibility index (Phi) is 3.98. The highest BCUT2D eigenvalue weighted by Crippen LogP contribution is 2.22. The van der Waals surface area contributed by atoms with Crippen LogP contribution >= 0.6 is 0 Å². The number of nitrogens with zero attached hydrogens (tertiary/aromatic N) is 3. The van der Waals surface area contributed by atoms with Crippen LogP contribution in [0.3, 0.4) is 0 Å². The van der Waals surface area contributed by atoms with Gasteiger partial charge in [-0.05, 0) is 31.0 Å². The quantitative estimate of drug-likeness (QED) is 0.782. The first-order valence-corrected chi connectivity index (χ1v) is 7.19. The van der Waals surface area contributed by atoms with Crippen molar-refractivity contribution < 1.29 is 4.42 Å². The van der Waals surface area contributed by atoms with Gasteiger partial charge in [0, 0.05) is 11.9 Å². The Hall–Kier alpha value is -2.53. The fourth-order valence-corrected chi connectivity index (χ4v) is 2.31. The van der Waals surface area contributed by atoms with E-state index in [0.29, 0.717) is 24.6 Å². The summed E-state index contributed by atoms with van der Waals surface area (Å²) in [5.74, 6) is 0.973. The lowest BCUT2D eigenvalue weighted by Gasteiger charge is -2.20. The third-order valence-electron chi connectivity index (χ3n) is 3.43. The third-order valence-corrected chi connectivity index (χ3v) is 3.43. The minimum Gasteiger partial charge on any atom is -0.423 e. The smallest absolute Gasteiger partial charge is 0.236 e. The molecule has 2 aromatic heterocycles. The maximum absolute atomic E-state index is 6.36. The molecule has 2 heterocycles. The van der Waals surface area contributed by atoms with Gasteiger partial charge in [-0.1, -0.05) is 36.4 Å². The van der Waals surface area contributed by atoms with E-state index in [-0.39, 0.29) is 0 Å². The zero-order valence-corrected chi connectivity index (χ0v) is 12.4. The number of hydrogen-bond acceptors (Lipinski definition) is 5. The molecule has 3 rings (SSSR count). The molecule has 0 radical (unpaired) electrons. The minimum absolute atomic E-state index is 0.447. The van der Waals surface area contributed by atoms with Gasteiger partial charge < -0.3 is 10.2 Å². The van der Waals surface area contributed by atoms with Crippen molar-refractivity contribution in [2.24, 2.45) is 5.73 Å². The molecule has 0 saturated carbocycles. The molecular weight excluding hydrogens is 276 g/mol. The predicted octanol–water partition coefficient (Wildman–Crippen LogP) is 2.47. The summed E-state index contributed by atoms with van der Waals surface area (Å²) in [5, 5.41) is 8.19. The minimum atomic E-state index is -0.698. The number of benzene rings is 1. The summed E-state index contributed by atoms with van der Waals surface area (Å²) in [5.41, 5.74) is 7.69. The molecule has 5 nitrogen and oxygen atoms in total. The first-order chi connectivity index (χ1) is 10.6. The SMILES string of the molecule is C[C@@](N)(Cc1ccccc1)c1nnc(Cc2ccccn2)o1. The van der Waals surface area contributed by atoms with Crippen LogP contribution < -0.4 is 5.73 Å². The van der Waals surface area contributed by atoms with Crippen LogP contribution in [-0.2, 0) is 18.4 Å². The molecule has 0 bridgehead atoms. The first-order valence-electron chi connectivity index (χ1n) is 7.19. The average molecular weight is 294 g/mol. The standard InChI is InChI=1S/C17H18N4O/c1-17(18,12-13-7-3-2-4-8-13)16-21-20-15(22-16)11-14-9-5-6-10-19-14/h2-10H,11-12,18H2,1H3/t17-/m1/s1. The highest BCUT2D eigenvalue weighted by Gasteiger charge is 2.28. The van der Waals surface area contributed by atoms with Gasteiger partial charge in [0.2, 0.25) is 11.8 Å². The van der Waals surface area contributed by atoms with E-state index in [1.165, 1.54) is 0 Å². The van der Waals surface area contributed by atoms with E-state index in [1.54, 1.807) is 6.20 Å². The molecule has 5 heteroatoms. The monoisotopic (exact) mass is 294 g/mol. The molecule has 0 spiro atoms. The molecular formula is C17H18N4O. The van der Waals surface area contributed by atoms with Crippen LogP contribution in [-0.4, -0.2) is 15.2 Å². The fraction of sp³-hybridized carbons (Fsp3) is 0.235. The fourth-order valence-electron chi connectivity index (χ4n) is 2.31. The largest absolute Gasteiger partial charge is 0.423 e.